The van der Waals surface area contributed by atoms with Gasteiger partial charge in [0.15, 0.2) is 11.5 Å². The molecular formula is C25H22F3N3O3. The Morgan fingerprint density at radius 2 is 1.79 bits per heavy atom. The van der Waals surface area contributed by atoms with Crippen LogP contribution in [0.2, 0.25) is 0 Å². The smallest absolute Gasteiger partial charge is 0.163 e. The van der Waals surface area contributed by atoms with Crippen molar-refractivity contribution in [3.8, 4) is 28.5 Å². The molecule has 34 heavy (non-hydrogen) atoms. The molecule has 0 bridgehead atoms. The second kappa shape index (κ2) is 9.17. The second-order valence-electron chi connectivity index (χ2n) is 7.66. The van der Waals surface area contributed by atoms with Crippen LogP contribution in [0.15, 0.2) is 48.5 Å². The van der Waals surface area contributed by atoms with Crippen molar-refractivity contribution in [1.29, 1.82) is 0 Å². The largest absolute Gasteiger partial charge is 0.491 e. The number of hydrogen-bond acceptors (Lipinski definition) is 5. The Hall–Kier alpha value is -3.88. The first-order chi connectivity index (χ1) is 16.6. The van der Waals surface area contributed by atoms with Crippen molar-refractivity contribution in [2.75, 3.05) is 31.8 Å². The zero-order valence-corrected chi connectivity index (χ0v) is 18.4. The van der Waals surface area contributed by atoms with Gasteiger partial charge in [0.2, 0.25) is 0 Å². The minimum Gasteiger partial charge on any atom is -0.491 e. The average molecular weight is 469 g/mol. The van der Waals surface area contributed by atoms with E-state index in [2.05, 4.69) is 10.3 Å². The van der Waals surface area contributed by atoms with Crippen LogP contribution >= 0.6 is 0 Å². The van der Waals surface area contributed by atoms with Gasteiger partial charge in [-0.2, -0.15) is 0 Å². The number of benzene rings is 2. The number of aromatic nitrogens is 2. The first-order valence-corrected chi connectivity index (χ1v) is 10.9. The van der Waals surface area contributed by atoms with Crippen LogP contribution in [-0.2, 0) is 6.42 Å². The van der Waals surface area contributed by atoms with Crippen LogP contribution in [0, 0.1) is 11.6 Å². The number of ether oxygens (including phenoxy) is 3. The van der Waals surface area contributed by atoms with Crippen LogP contribution in [0.25, 0.3) is 16.9 Å². The molecule has 5 rings (SSSR count). The van der Waals surface area contributed by atoms with Gasteiger partial charge in [0.1, 0.15) is 61.0 Å². The maximum absolute atomic E-state index is 15.2. The van der Waals surface area contributed by atoms with Crippen LogP contribution in [0.4, 0.5) is 24.7 Å². The number of rotatable bonds is 7. The van der Waals surface area contributed by atoms with Crippen LogP contribution in [-0.4, -0.2) is 35.9 Å². The van der Waals surface area contributed by atoms with E-state index in [1.54, 1.807) is 24.3 Å². The summed E-state index contributed by atoms with van der Waals surface area (Å²) in [5, 5.41) is 3.27. The minimum atomic E-state index is -0.861. The summed E-state index contributed by atoms with van der Waals surface area (Å²) >= 11 is 0. The first kappa shape index (κ1) is 21.9. The molecule has 0 atom stereocenters. The lowest BCUT2D eigenvalue weighted by atomic mass is 10.1. The number of aryl methyl sites for hydroxylation is 1. The summed E-state index contributed by atoms with van der Waals surface area (Å²) in [4.78, 5) is 4.55. The fourth-order valence-electron chi connectivity index (χ4n) is 4.00. The molecule has 4 aromatic rings. The third-order valence-electron chi connectivity index (χ3n) is 5.49. The molecule has 0 aliphatic carbocycles. The van der Waals surface area contributed by atoms with Gasteiger partial charge < -0.3 is 19.5 Å². The Balaban J connectivity index is 1.66. The van der Waals surface area contributed by atoms with E-state index >= 15 is 8.78 Å². The number of nitrogens with zero attached hydrogens (tertiary/aromatic N) is 2. The molecule has 6 nitrogen and oxygen atoms in total. The summed E-state index contributed by atoms with van der Waals surface area (Å²) < 4.78 is 60.9. The number of fused-ring (bicyclic) bond motifs is 2. The highest BCUT2D eigenvalue weighted by Gasteiger charge is 2.24. The molecule has 3 heterocycles. The Labute approximate surface area is 193 Å². The van der Waals surface area contributed by atoms with Crippen molar-refractivity contribution in [2.24, 2.45) is 0 Å². The number of alkyl halides is 1. The Kier molecular flexibility index (Phi) is 5.91. The third-order valence-corrected chi connectivity index (χ3v) is 5.49. The predicted octanol–water partition coefficient (Wildman–Crippen LogP) is 5.71. The molecule has 1 N–H and O–H groups in total. The number of halogens is 3. The summed E-state index contributed by atoms with van der Waals surface area (Å²) in [6.07, 6.45) is 0.671. The van der Waals surface area contributed by atoms with E-state index in [0.29, 0.717) is 48.3 Å². The highest BCUT2D eigenvalue weighted by Crippen LogP contribution is 2.39. The van der Waals surface area contributed by atoms with E-state index in [1.165, 1.54) is 0 Å². The van der Waals surface area contributed by atoms with Crippen molar-refractivity contribution in [3.05, 3.63) is 65.9 Å². The summed E-state index contributed by atoms with van der Waals surface area (Å²) in [7, 11) is 0. The van der Waals surface area contributed by atoms with Crippen molar-refractivity contribution in [1.82, 2.24) is 9.38 Å². The van der Waals surface area contributed by atoms with Gasteiger partial charge in [-0.25, -0.2) is 18.2 Å². The monoisotopic (exact) mass is 469 g/mol. The van der Waals surface area contributed by atoms with Gasteiger partial charge in [-0.1, -0.05) is 13.0 Å². The summed E-state index contributed by atoms with van der Waals surface area (Å²) in [5.74, 6) is -0.199. The van der Waals surface area contributed by atoms with Crippen LogP contribution < -0.4 is 19.5 Å². The maximum Gasteiger partial charge on any atom is 0.163 e. The number of nitrogens with one attached hydrogen (secondary N) is 1. The molecule has 0 spiro atoms. The molecule has 2 aromatic carbocycles. The van der Waals surface area contributed by atoms with E-state index in [0.717, 1.165) is 17.8 Å². The molecule has 2 aromatic heterocycles. The molecule has 1 aliphatic rings. The first-order valence-electron chi connectivity index (χ1n) is 10.9. The molecule has 0 saturated carbocycles. The fraction of sp³-hybridized carbons (Fsp3) is 0.240. The fourth-order valence-corrected chi connectivity index (χ4v) is 4.00. The van der Waals surface area contributed by atoms with Crippen LogP contribution in [0.5, 0.6) is 17.2 Å². The molecule has 0 unspecified atom stereocenters. The number of pyridine rings is 1. The van der Waals surface area contributed by atoms with Crippen molar-refractivity contribution in [2.45, 2.75) is 13.3 Å². The zero-order valence-electron chi connectivity index (χ0n) is 18.4. The molecule has 176 valence electrons. The van der Waals surface area contributed by atoms with E-state index in [-0.39, 0.29) is 23.6 Å². The lowest BCUT2D eigenvalue weighted by Gasteiger charge is -2.19. The molecular weight excluding hydrogens is 447 g/mol. The second-order valence-corrected chi connectivity index (χ2v) is 7.66. The van der Waals surface area contributed by atoms with E-state index < -0.39 is 18.3 Å². The van der Waals surface area contributed by atoms with Gasteiger partial charge in [-0.05, 0) is 30.7 Å². The van der Waals surface area contributed by atoms with Gasteiger partial charge in [0.25, 0.3) is 0 Å². The van der Waals surface area contributed by atoms with Gasteiger partial charge in [-0.15, -0.1) is 0 Å². The maximum atomic E-state index is 15.2. The lowest BCUT2D eigenvalue weighted by molar-refractivity contribution is 0.171. The Bertz CT molecular complexity index is 1330. The third kappa shape index (κ3) is 3.98. The molecule has 0 fully saturated rings. The molecule has 1 aliphatic heterocycles. The summed E-state index contributed by atoms with van der Waals surface area (Å²) in [6.45, 7) is 1.84. The van der Waals surface area contributed by atoms with Crippen LogP contribution in [0.1, 0.15) is 12.6 Å². The SMILES string of the molecule is CCc1cccc2nc(-c3c(F)cc(OCCF)cc3F)c(Nc3ccc4c(c3)OCCO4)n12. The molecule has 0 saturated heterocycles. The van der Waals surface area contributed by atoms with Crippen molar-refractivity contribution >= 4 is 17.2 Å². The summed E-state index contributed by atoms with van der Waals surface area (Å²) in [6, 6.07) is 13.0. The lowest BCUT2D eigenvalue weighted by Crippen LogP contribution is -2.15. The quantitative estimate of drug-likeness (QED) is 0.376. The van der Waals surface area contributed by atoms with Crippen molar-refractivity contribution in [3.63, 3.8) is 0 Å². The zero-order chi connectivity index (χ0) is 23.7. The topological polar surface area (TPSA) is 57.0 Å². The number of anilines is 2. The van der Waals surface area contributed by atoms with Gasteiger partial charge in [0.05, 0.1) is 5.56 Å². The summed E-state index contributed by atoms with van der Waals surface area (Å²) in [5.41, 5.74) is 1.87. The highest BCUT2D eigenvalue weighted by atomic mass is 19.1. The highest BCUT2D eigenvalue weighted by molar-refractivity contribution is 5.81. The van der Waals surface area contributed by atoms with Crippen LogP contribution in [0.3, 0.4) is 0 Å². The van der Waals surface area contributed by atoms with Gasteiger partial charge in [0, 0.05) is 29.6 Å². The number of hydrogen-bond donors (Lipinski definition) is 1. The average Bonchev–Trinajstić information content (AvgIpc) is 3.20. The minimum absolute atomic E-state index is 0.0873. The molecule has 0 radical (unpaired) electrons. The van der Waals surface area contributed by atoms with E-state index in [9.17, 15) is 4.39 Å². The Morgan fingerprint density at radius 1 is 1.03 bits per heavy atom. The number of imidazole rings is 1. The van der Waals surface area contributed by atoms with Gasteiger partial charge in [-0.3, -0.25) is 4.40 Å². The van der Waals surface area contributed by atoms with E-state index in [1.807, 2.05) is 23.5 Å². The Morgan fingerprint density at radius 3 is 2.53 bits per heavy atom. The van der Waals surface area contributed by atoms with E-state index in [4.69, 9.17) is 14.2 Å². The molecule has 0 amide bonds. The predicted molar refractivity (Wildman–Crippen MR) is 122 cm³/mol. The van der Waals surface area contributed by atoms with Gasteiger partial charge >= 0.3 is 0 Å². The van der Waals surface area contributed by atoms with Crippen molar-refractivity contribution < 1.29 is 27.4 Å². The normalized spacial score (nSPS) is 12.7. The standard InChI is InChI=1S/C25H22F3N3O3/c1-2-16-4-3-5-22-30-24(23-18(27)13-17(14-19(23)28)32-9-8-26)25(31(16)22)29-15-6-7-20-21(12-15)34-11-10-33-20/h3-7,12-14,29H,2,8-11H2,1H3. The molecule has 9 heteroatoms.